The highest BCUT2D eigenvalue weighted by Crippen LogP contribution is 2.34. The number of ether oxygens (including phenoxy) is 2. The average molecular weight is 295 g/mol. The summed E-state index contributed by atoms with van der Waals surface area (Å²) in [5.41, 5.74) is 0. The van der Waals surface area contributed by atoms with Crippen molar-refractivity contribution in [3.8, 4) is 11.5 Å². The third-order valence-corrected chi connectivity index (χ3v) is 4.45. The Morgan fingerprint density at radius 3 is 2.65 bits per heavy atom. The topological polar surface area (TPSA) is 30.5 Å². The Kier molecular flexibility index (Phi) is 6.05. The molecule has 1 aromatic rings. The second-order valence-corrected chi connectivity index (χ2v) is 6.73. The minimum atomic E-state index is 0.556. The summed E-state index contributed by atoms with van der Waals surface area (Å²) in [7, 11) is 0. The highest BCUT2D eigenvalue weighted by atomic mass is 32.2. The van der Waals surface area contributed by atoms with Crippen LogP contribution in [0.2, 0.25) is 0 Å². The Hall–Kier alpha value is -0.870. The number of fused-ring (bicyclic) bond motifs is 1. The molecule has 20 heavy (non-hydrogen) atoms. The Balaban J connectivity index is 1.85. The van der Waals surface area contributed by atoms with Crippen molar-refractivity contribution >= 4 is 11.8 Å². The number of nitrogens with one attached hydrogen (secondary N) is 1. The van der Waals surface area contributed by atoms with Gasteiger partial charge in [-0.05, 0) is 30.7 Å². The maximum atomic E-state index is 5.72. The summed E-state index contributed by atoms with van der Waals surface area (Å²) in [5, 5.41) is 3.48. The van der Waals surface area contributed by atoms with Gasteiger partial charge >= 0.3 is 0 Å². The van der Waals surface area contributed by atoms with Gasteiger partial charge in [-0.1, -0.05) is 20.8 Å². The number of thioether (sulfide) groups is 1. The minimum absolute atomic E-state index is 0.556. The van der Waals surface area contributed by atoms with E-state index in [9.17, 15) is 0 Å². The summed E-state index contributed by atoms with van der Waals surface area (Å²) < 4.78 is 11.4. The summed E-state index contributed by atoms with van der Waals surface area (Å²) in [5.74, 6) is 3.53. The van der Waals surface area contributed by atoms with Crippen LogP contribution in [0.15, 0.2) is 23.1 Å². The lowest BCUT2D eigenvalue weighted by Gasteiger charge is -2.15. The Morgan fingerprint density at radius 1 is 1.15 bits per heavy atom. The van der Waals surface area contributed by atoms with E-state index in [0.717, 1.165) is 43.4 Å². The number of rotatable bonds is 6. The van der Waals surface area contributed by atoms with Crippen LogP contribution >= 0.6 is 11.8 Å². The zero-order valence-corrected chi connectivity index (χ0v) is 13.5. The fourth-order valence-corrected chi connectivity index (χ4v) is 2.92. The Labute approximate surface area is 126 Å². The van der Waals surface area contributed by atoms with Crippen LogP contribution in [0.25, 0.3) is 0 Å². The first-order valence-electron chi connectivity index (χ1n) is 7.41. The lowest BCUT2D eigenvalue weighted by molar-refractivity contribution is 0.297. The van der Waals surface area contributed by atoms with E-state index < -0.39 is 0 Å². The van der Waals surface area contributed by atoms with Gasteiger partial charge in [-0.15, -0.1) is 11.8 Å². The van der Waals surface area contributed by atoms with Gasteiger partial charge in [0.1, 0.15) is 0 Å². The molecule has 0 saturated heterocycles. The van der Waals surface area contributed by atoms with Gasteiger partial charge in [-0.2, -0.15) is 0 Å². The molecule has 0 amide bonds. The van der Waals surface area contributed by atoms with Crippen LogP contribution < -0.4 is 14.8 Å². The van der Waals surface area contributed by atoms with Gasteiger partial charge in [0.05, 0.1) is 13.2 Å². The summed E-state index contributed by atoms with van der Waals surface area (Å²) in [6.07, 6.45) is 0.953. The van der Waals surface area contributed by atoms with Crippen LogP contribution in [0, 0.1) is 5.92 Å². The molecule has 0 bridgehead atoms. The summed E-state index contributed by atoms with van der Waals surface area (Å²) in [4.78, 5) is 1.26. The van der Waals surface area contributed by atoms with Crippen molar-refractivity contribution in [1.82, 2.24) is 5.32 Å². The zero-order valence-electron chi connectivity index (χ0n) is 12.6. The van der Waals surface area contributed by atoms with E-state index in [4.69, 9.17) is 9.47 Å². The van der Waals surface area contributed by atoms with E-state index in [-0.39, 0.29) is 0 Å². The van der Waals surface area contributed by atoms with Crippen LogP contribution in [0.1, 0.15) is 27.2 Å². The summed E-state index contributed by atoms with van der Waals surface area (Å²) in [6, 6.07) is 6.81. The van der Waals surface area contributed by atoms with E-state index in [1.807, 2.05) is 17.8 Å². The van der Waals surface area contributed by atoms with Crippen LogP contribution in [0.3, 0.4) is 0 Å². The molecule has 1 unspecified atom stereocenters. The van der Waals surface area contributed by atoms with Crippen LogP contribution in [-0.4, -0.2) is 31.6 Å². The van der Waals surface area contributed by atoms with Crippen molar-refractivity contribution in [2.45, 2.75) is 38.1 Å². The lowest BCUT2D eigenvalue weighted by Crippen LogP contribution is -2.28. The zero-order chi connectivity index (χ0) is 14.4. The summed E-state index contributed by atoms with van der Waals surface area (Å²) >= 11 is 1.88. The molecule has 112 valence electrons. The molecule has 1 aliphatic rings. The molecule has 0 aliphatic carbocycles. The third-order valence-electron chi connectivity index (χ3n) is 3.13. The Bertz CT molecular complexity index is 423. The van der Waals surface area contributed by atoms with Gasteiger partial charge in [0.15, 0.2) is 11.5 Å². The maximum Gasteiger partial charge on any atom is 0.162 e. The molecule has 0 fully saturated rings. The Morgan fingerprint density at radius 2 is 1.90 bits per heavy atom. The normalized spacial score (nSPS) is 16.0. The van der Waals surface area contributed by atoms with Gasteiger partial charge in [-0.25, -0.2) is 0 Å². The van der Waals surface area contributed by atoms with Crippen molar-refractivity contribution in [2.75, 3.05) is 25.5 Å². The third kappa shape index (κ3) is 4.91. The quantitative estimate of drug-likeness (QED) is 0.813. The molecular weight excluding hydrogens is 270 g/mol. The molecule has 4 heteroatoms. The standard InChI is InChI=1S/C16H25NO2S/c1-12(2)17-10-13(3)11-20-14-5-6-15-16(9-14)19-8-4-7-18-15/h5-6,9,12-13,17H,4,7-8,10-11H2,1-3H3. The second kappa shape index (κ2) is 7.79. The number of hydrogen-bond donors (Lipinski definition) is 1. The van der Waals surface area contributed by atoms with Gasteiger partial charge in [-0.3, -0.25) is 0 Å². The van der Waals surface area contributed by atoms with Gasteiger partial charge in [0.25, 0.3) is 0 Å². The van der Waals surface area contributed by atoms with Gasteiger partial charge in [0, 0.05) is 23.1 Å². The molecule has 0 aromatic heterocycles. The van der Waals surface area contributed by atoms with E-state index in [1.54, 1.807) is 0 Å². The highest BCUT2D eigenvalue weighted by Gasteiger charge is 2.11. The molecular formula is C16H25NO2S. The molecule has 2 rings (SSSR count). The average Bonchev–Trinajstić information content (AvgIpc) is 2.67. The fourth-order valence-electron chi connectivity index (χ4n) is 1.97. The first kappa shape index (κ1) is 15.5. The molecule has 0 spiro atoms. The smallest absolute Gasteiger partial charge is 0.162 e. The van der Waals surface area contributed by atoms with Crippen molar-refractivity contribution in [1.29, 1.82) is 0 Å². The van der Waals surface area contributed by atoms with Crippen molar-refractivity contribution in [3.63, 3.8) is 0 Å². The molecule has 1 aliphatic heterocycles. The molecule has 1 aromatic carbocycles. The lowest BCUT2D eigenvalue weighted by atomic mass is 10.2. The van der Waals surface area contributed by atoms with E-state index in [0.29, 0.717) is 12.0 Å². The SMILES string of the molecule is CC(CNC(C)C)CSc1ccc2c(c1)OCCCO2. The highest BCUT2D eigenvalue weighted by molar-refractivity contribution is 7.99. The molecule has 0 saturated carbocycles. The fraction of sp³-hybridized carbons (Fsp3) is 0.625. The van der Waals surface area contributed by atoms with E-state index >= 15 is 0 Å². The molecule has 1 atom stereocenters. The van der Waals surface area contributed by atoms with Crippen molar-refractivity contribution < 1.29 is 9.47 Å². The predicted molar refractivity (Wildman–Crippen MR) is 85.1 cm³/mol. The maximum absolute atomic E-state index is 5.72. The van der Waals surface area contributed by atoms with Crippen LogP contribution in [0.5, 0.6) is 11.5 Å². The number of benzene rings is 1. The van der Waals surface area contributed by atoms with E-state index in [2.05, 4.69) is 38.2 Å². The molecule has 3 nitrogen and oxygen atoms in total. The van der Waals surface area contributed by atoms with Gasteiger partial charge < -0.3 is 14.8 Å². The first-order valence-corrected chi connectivity index (χ1v) is 8.39. The van der Waals surface area contributed by atoms with E-state index in [1.165, 1.54) is 4.90 Å². The van der Waals surface area contributed by atoms with Crippen LogP contribution in [0.4, 0.5) is 0 Å². The predicted octanol–water partition coefficient (Wildman–Crippen LogP) is 3.57. The van der Waals surface area contributed by atoms with Crippen molar-refractivity contribution in [3.05, 3.63) is 18.2 Å². The minimum Gasteiger partial charge on any atom is -0.490 e. The van der Waals surface area contributed by atoms with Crippen molar-refractivity contribution in [2.24, 2.45) is 5.92 Å². The van der Waals surface area contributed by atoms with Crippen LogP contribution in [-0.2, 0) is 0 Å². The number of hydrogen-bond acceptors (Lipinski definition) is 4. The monoisotopic (exact) mass is 295 g/mol. The largest absolute Gasteiger partial charge is 0.490 e. The first-order chi connectivity index (χ1) is 9.65. The molecule has 0 radical (unpaired) electrons. The summed E-state index contributed by atoms with van der Waals surface area (Å²) in [6.45, 7) is 9.21. The molecule has 1 N–H and O–H groups in total. The second-order valence-electron chi connectivity index (χ2n) is 5.64. The van der Waals surface area contributed by atoms with Gasteiger partial charge in [0.2, 0.25) is 0 Å². The molecule has 1 heterocycles.